The molecule has 37 heavy (non-hydrogen) atoms. The predicted octanol–water partition coefficient (Wildman–Crippen LogP) is 3.90. The number of benzene rings is 3. The van der Waals surface area contributed by atoms with E-state index in [1.54, 1.807) is 44.6 Å². The Bertz CT molecular complexity index is 1350. The molecule has 1 heterocycles. The van der Waals surface area contributed by atoms with Crippen LogP contribution in [0.15, 0.2) is 72.8 Å². The molecule has 0 radical (unpaired) electrons. The number of nitrogens with one attached hydrogen (secondary N) is 1. The summed E-state index contributed by atoms with van der Waals surface area (Å²) >= 11 is 0. The van der Waals surface area contributed by atoms with Gasteiger partial charge in [0.1, 0.15) is 17.2 Å². The highest BCUT2D eigenvalue weighted by atomic mass is 32.2. The highest BCUT2D eigenvalue weighted by molar-refractivity contribution is 7.89. The van der Waals surface area contributed by atoms with Crippen molar-refractivity contribution in [2.75, 3.05) is 39.3 Å². The summed E-state index contributed by atoms with van der Waals surface area (Å²) < 4.78 is 44.9. The topological polar surface area (TPSA) is 94.2 Å². The molecule has 0 spiro atoms. The molecule has 0 atom stereocenters. The molecule has 9 heteroatoms. The van der Waals surface area contributed by atoms with Gasteiger partial charge in [-0.05, 0) is 48.7 Å². The van der Waals surface area contributed by atoms with E-state index in [1.165, 1.54) is 7.11 Å². The molecule has 1 saturated heterocycles. The summed E-state index contributed by atoms with van der Waals surface area (Å²) in [5.74, 6) is 0.891. The fraction of sp³-hybridized carbons (Fsp3) is 0.321. The number of carbonyl (C=O) groups is 1. The van der Waals surface area contributed by atoms with Gasteiger partial charge in [0.15, 0.2) is 0 Å². The first-order chi connectivity index (χ1) is 17.8. The van der Waals surface area contributed by atoms with E-state index in [0.29, 0.717) is 43.0 Å². The predicted molar refractivity (Wildman–Crippen MR) is 143 cm³/mol. The van der Waals surface area contributed by atoms with Gasteiger partial charge in [-0.2, -0.15) is 0 Å². The maximum Gasteiger partial charge on any atom is 0.244 e. The quantitative estimate of drug-likeness (QED) is 0.454. The second-order valence-electron chi connectivity index (χ2n) is 8.98. The number of sulfonamides is 1. The van der Waals surface area contributed by atoms with Crippen molar-refractivity contribution in [3.8, 4) is 17.2 Å². The minimum atomic E-state index is -4.00. The number of ether oxygens (including phenoxy) is 3. The van der Waals surface area contributed by atoms with E-state index in [9.17, 15) is 13.2 Å². The van der Waals surface area contributed by atoms with E-state index < -0.39 is 21.3 Å². The fourth-order valence-electron chi connectivity index (χ4n) is 4.89. The summed E-state index contributed by atoms with van der Waals surface area (Å²) in [5.41, 5.74) is 1.08. The number of rotatable bonds is 9. The Kier molecular flexibility index (Phi) is 7.92. The second kappa shape index (κ2) is 11.1. The van der Waals surface area contributed by atoms with Crippen molar-refractivity contribution < 1.29 is 27.4 Å². The van der Waals surface area contributed by atoms with E-state index in [0.717, 1.165) is 17.0 Å². The summed E-state index contributed by atoms with van der Waals surface area (Å²) in [5, 5.41) is 0. The largest absolute Gasteiger partial charge is 0.497 e. The van der Waals surface area contributed by atoms with Crippen LogP contribution in [0.3, 0.4) is 0 Å². The van der Waals surface area contributed by atoms with Crippen LogP contribution in [-0.2, 0) is 26.0 Å². The summed E-state index contributed by atoms with van der Waals surface area (Å²) in [6.07, 6.45) is 0.822. The van der Waals surface area contributed by atoms with Gasteiger partial charge < -0.3 is 19.1 Å². The maximum absolute atomic E-state index is 13.8. The van der Waals surface area contributed by atoms with Gasteiger partial charge in [0.05, 0.1) is 38.2 Å². The molecule has 3 aromatic carbocycles. The number of nitrogens with zero attached hydrogens (tertiary/aromatic N) is 1. The number of hydrogen-bond donors (Lipinski definition) is 1. The third-order valence-corrected chi connectivity index (χ3v) is 8.07. The number of amides is 1. The zero-order valence-corrected chi connectivity index (χ0v) is 22.1. The zero-order chi connectivity index (χ0) is 26.5. The number of hydrogen-bond acceptors (Lipinski definition) is 7. The summed E-state index contributed by atoms with van der Waals surface area (Å²) in [6, 6.07) is 21.9. The first-order valence-electron chi connectivity index (χ1n) is 12.0. The van der Waals surface area contributed by atoms with Crippen LogP contribution >= 0.6 is 0 Å². The first kappa shape index (κ1) is 26.3. The van der Waals surface area contributed by atoms with Crippen LogP contribution in [0.4, 0.5) is 5.69 Å². The molecule has 1 aliphatic heterocycles. The van der Waals surface area contributed by atoms with Gasteiger partial charge in [-0.15, -0.1) is 0 Å². The van der Waals surface area contributed by atoms with Crippen molar-refractivity contribution in [2.24, 2.45) is 0 Å². The van der Waals surface area contributed by atoms with Crippen LogP contribution in [0.2, 0.25) is 0 Å². The summed E-state index contributed by atoms with van der Waals surface area (Å²) in [6.45, 7) is 1.08. The molecule has 0 aliphatic carbocycles. The number of para-hydroxylation sites is 3. The van der Waals surface area contributed by atoms with Gasteiger partial charge in [0.25, 0.3) is 0 Å². The van der Waals surface area contributed by atoms with Crippen molar-refractivity contribution in [2.45, 2.75) is 24.0 Å². The van der Waals surface area contributed by atoms with Crippen LogP contribution in [0, 0.1) is 0 Å². The van der Waals surface area contributed by atoms with Crippen molar-refractivity contribution >= 4 is 21.6 Å². The molecule has 0 saturated carbocycles. The van der Waals surface area contributed by atoms with Crippen LogP contribution in [0.25, 0.3) is 0 Å². The van der Waals surface area contributed by atoms with E-state index in [-0.39, 0.29) is 5.75 Å². The number of methoxy groups -OCH3 is 3. The zero-order valence-electron chi connectivity index (χ0n) is 21.3. The Morgan fingerprint density at radius 2 is 1.51 bits per heavy atom. The molecular weight excluding hydrogens is 492 g/mol. The molecule has 196 valence electrons. The molecule has 1 aliphatic rings. The third-order valence-electron chi connectivity index (χ3n) is 6.89. The molecule has 0 aromatic heterocycles. The molecule has 3 aromatic rings. The molecule has 4 rings (SSSR count). The second-order valence-corrected chi connectivity index (χ2v) is 10.7. The lowest BCUT2D eigenvalue weighted by Crippen LogP contribution is -2.53. The van der Waals surface area contributed by atoms with Crippen LogP contribution in [-0.4, -0.2) is 48.7 Å². The van der Waals surface area contributed by atoms with Gasteiger partial charge >= 0.3 is 0 Å². The minimum absolute atomic E-state index is 0.371. The fourth-order valence-corrected chi connectivity index (χ4v) is 6.09. The van der Waals surface area contributed by atoms with Gasteiger partial charge in [-0.25, -0.2) is 8.42 Å². The normalized spacial score (nSPS) is 15.1. The Labute approximate surface area is 218 Å². The molecule has 1 fully saturated rings. The van der Waals surface area contributed by atoms with Gasteiger partial charge in [-0.3, -0.25) is 9.52 Å². The van der Waals surface area contributed by atoms with Crippen LogP contribution < -0.4 is 23.8 Å². The maximum atomic E-state index is 13.8. The number of anilines is 1. The third kappa shape index (κ3) is 5.67. The lowest BCUT2D eigenvalue weighted by atomic mass is 9.72. The van der Waals surface area contributed by atoms with E-state index in [2.05, 4.69) is 9.62 Å². The van der Waals surface area contributed by atoms with Gasteiger partial charge in [-0.1, -0.05) is 42.5 Å². The van der Waals surface area contributed by atoms with E-state index in [4.69, 9.17) is 14.2 Å². The Morgan fingerprint density at radius 1 is 0.865 bits per heavy atom. The van der Waals surface area contributed by atoms with Gasteiger partial charge in [0, 0.05) is 18.7 Å². The lowest BCUT2D eigenvalue weighted by molar-refractivity contribution is -0.125. The van der Waals surface area contributed by atoms with Gasteiger partial charge in [0.2, 0.25) is 15.9 Å². The molecule has 8 nitrogen and oxygen atoms in total. The highest BCUT2D eigenvalue weighted by Gasteiger charge is 2.45. The molecule has 0 bridgehead atoms. The Balaban J connectivity index is 1.63. The van der Waals surface area contributed by atoms with E-state index in [1.807, 2.05) is 42.5 Å². The van der Waals surface area contributed by atoms with Crippen molar-refractivity contribution in [3.05, 3.63) is 83.9 Å². The van der Waals surface area contributed by atoms with Crippen molar-refractivity contribution in [1.29, 1.82) is 0 Å². The molecule has 1 N–H and O–H groups in total. The van der Waals surface area contributed by atoms with Crippen molar-refractivity contribution in [1.82, 2.24) is 4.72 Å². The van der Waals surface area contributed by atoms with E-state index >= 15 is 0 Å². The minimum Gasteiger partial charge on any atom is -0.497 e. The standard InChI is InChI=1S/C28H32N2O6S/c1-34-23-11-8-10-22(19-23)28(15-17-30(18-16-28)24-12-5-7-14-26(24)36-3)27(31)29-37(32,33)20-21-9-4-6-13-25(21)35-2/h4-14,19H,15-18,20H2,1-3H3,(H,29,31). The SMILES string of the molecule is COc1cccc(C2(C(=O)NS(=O)(=O)Cc3ccccc3OC)CCN(c3ccccc3OC)CC2)c1. The number of piperidine rings is 1. The average Bonchev–Trinajstić information content (AvgIpc) is 2.92. The lowest BCUT2D eigenvalue weighted by Gasteiger charge is -2.42. The molecule has 0 unspecified atom stereocenters. The molecular formula is C28H32N2O6S. The van der Waals surface area contributed by atoms with Crippen LogP contribution in [0.1, 0.15) is 24.0 Å². The summed E-state index contributed by atoms with van der Waals surface area (Å²) in [4.78, 5) is 16.0. The van der Waals surface area contributed by atoms with Crippen molar-refractivity contribution in [3.63, 3.8) is 0 Å². The molecule has 1 amide bonds. The smallest absolute Gasteiger partial charge is 0.244 e. The Morgan fingerprint density at radius 3 is 2.19 bits per heavy atom. The number of carbonyl (C=O) groups excluding carboxylic acids is 1. The Hall–Kier alpha value is -3.72. The first-order valence-corrected chi connectivity index (χ1v) is 13.7. The average molecular weight is 525 g/mol. The highest BCUT2D eigenvalue weighted by Crippen LogP contribution is 2.40. The summed E-state index contributed by atoms with van der Waals surface area (Å²) in [7, 11) is 0.677. The monoisotopic (exact) mass is 524 g/mol. The van der Waals surface area contributed by atoms with Crippen LogP contribution in [0.5, 0.6) is 17.2 Å².